The smallest absolute Gasteiger partial charge is 0.339 e. The first-order chi connectivity index (χ1) is 37.6. The fourth-order valence-electron chi connectivity index (χ4n) is 9.24. The number of carbonyl (C=O) groups excluding carboxylic acids is 6. The van der Waals surface area contributed by atoms with Gasteiger partial charge < -0.3 is 58.0 Å². The molecule has 7 rings (SSSR count). The number of hydrogen-bond acceptors (Lipinski definition) is 18. The minimum Gasteiger partial charge on any atom is -0.494 e. The summed E-state index contributed by atoms with van der Waals surface area (Å²) in [6, 6.07) is 30.4. The van der Waals surface area contributed by atoms with E-state index in [0.29, 0.717) is 0 Å². The molecule has 1 aliphatic rings. The van der Waals surface area contributed by atoms with Crippen LogP contribution in [-0.4, -0.2) is 125 Å². The lowest BCUT2D eigenvalue weighted by atomic mass is 9.52. The number of benzene rings is 6. The van der Waals surface area contributed by atoms with Crippen LogP contribution in [0.2, 0.25) is 0 Å². The first-order valence-electron chi connectivity index (χ1n) is 25.3. The van der Waals surface area contributed by atoms with Crippen molar-refractivity contribution in [2.75, 3.05) is 39.6 Å². The minimum atomic E-state index is -4.17. The van der Waals surface area contributed by atoms with Crippen molar-refractivity contribution >= 4 is 35.3 Å². The number of ether oxygens (including phenoxy) is 9. The molecule has 0 bridgehead atoms. The number of carbonyl (C=O) groups is 6. The van der Waals surface area contributed by atoms with E-state index in [-0.39, 0.29) is 85.3 Å². The maximum atomic E-state index is 16.9. The number of rotatable bonds is 24. The van der Waals surface area contributed by atoms with Gasteiger partial charge in [-0.3, -0.25) is 14.4 Å². The van der Waals surface area contributed by atoms with E-state index in [4.69, 9.17) is 42.6 Å². The summed E-state index contributed by atoms with van der Waals surface area (Å²) in [6.45, 7) is 11.5. The quantitative estimate of drug-likeness (QED) is 0.0296. The van der Waals surface area contributed by atoms with Gasteiger partial charge in [0.05, 0.1) is 56.3 Å². The summed E-state index contributed by atoms with van der Waals surface area (Å²) in [5.41, 5.74) is -14.9. The molecule has 6 atom stereocenters. The third kappa shape index (κ3) is 11.0. The van der Waals surface area contributed by atoms with Crippen molar-refractivity contribution in [3.63, 3.8) is 0 Å². The highest BCUT2D eigenvalue weighted by atomic mass is 16.7. The fourth-order valence-corrected chi connectivity index (χ4v) is 9.24. The van der Waals surface area contributed by atoms with E-state index in [1.807, 2.05) is 0 Å². The normalized spacial score (nSPS) is 20.5. The zero-order chi connectivity index (χ0) is 56.2. The number of ketones is 3. The largest absolute Gasteiger partial charge is 0.494 e. The molecule has 0 saturated heterocycles. The van der Waals surface area contributed by atoms with Crippen LogP contribution in [0.25, 0.3) is 0 Å². The Morgan fingerprint density at radius 2 is 0.526 bits per heavy atom. The van der Waals surface area contributed by atoms with Crippen molar-refractivity contribution in [1.29, 1.82) is 0 Å². The van der Waals surface area contributed by atoms with E-state index >= 15 is 28.8 Å². The van der Waals surface area contributed by atoms with Crippen molar-refractivity contribution in [2.24, 2.45) is 0 Å². The molecule has 0 amide bonds. The molecule has 0 radical (unpaired) electrons. The lowest BCUT2D eigenvalue weighted by Crippen LogP contribution is -2.91. The Morgan fingerprint density at radius 3 is 0.756 bits per heavy atom. The van der Waals surface area contributed by atoms with Crippen molar-refractivity contribution in [2.45, 2.75) is 76.7 Å². The third-order valence-corrected chi connectivity index (χ3v) is 12.8. The zero-order valence-electron chi connectivity index (χ0n) is 43.8. The number of esters is 3. The van der Waals surface area contributed by atoms with Crippen LogP contribution in [0.15, 0.2) is 146 Å². The molecule has 0 heterocycles. The van der Waals surface area contributed by atoms with E-state index in [1.165, 1.54) is 109 Å². The second-order valence-corrected chi connectivity index (χ2v) is 17.4. The predicted octanol–water partition coefficient (Wildman–Crippen LogP) is 7.91. The average Bonchev–Trinajstić information content (AvgIpc) is 2.07. The number of hydrogen-bond donors (Lipinski definition) is 3. The SMILES string of the molecule is CCOc1ccc(C(=O)OC2(C(=O)c3ccc(OCC)cc3)[C@@](OC(=O)c3ccc(OCC)cc3)(C(=O)c3ccc(OCC)cc3)[C@@H](O)C(O)[C@@H](O)[C@@]2(OC(=O)c2ccc(OCC)cc2)C(=O)c2ccc(OCC)cc2)cc1. The maximum absolute atomic E-state index is 16.9. The van der Waals surface area contributed by atoms with E-state index in [2.05, 4.69) is 0 Å². The molecule has 0 aromatic heterocycles. The second-order valence-electron chi connectivity index (χ2n) is 17.4. The molecule has 1 saturated carbocycles. The van der Waals surface area contributed by atoms with Gasteiger partial charge in [0.2, 0.25) is 17.3 Å². The van der Waals surface area contributed by atoms with Gasteiger partial charge in [0.25, 0.3) is 16.8 Å². The molecule has 18 nitrogen and oxygen atoms in total. The molecule has 0 aliphatic heterocycles. The molecule has 1 aliphatic carbocycles. The van der Waals surface area contributed by atoms with Crippen LogP contribution in [-0.2, 0) is 14.2 Å². The predicted molar refractivity (Wildman–Crippen MR) is 281 cm³/mol. The summed E-state index contributed by atoms with van der Waals surface area (Å²) in [6.07, 6.45) is -9.04. The zero-order valence-corrected chi connectivity index (χ0v) is 43.8. The lowest BCUT2D eigenvalue weighted by molar-refractivity contribution is -0.293. The summed E-state index contributed by atoms with van der Waals surface area (Å²) in [5, 5.41) is 39.0. The Kier molecular flexibility index (Phi) is 18.3. The van der Waals surface area contributed by atoms with Gasteiger partial charge in [-0.15, -0.1) is 0 Å². The van der Waals surface area contributed by atoms with Gasteiger partial charge in [0, 0.05) is 16.7 Å². The molecular formula is C60H60O18. The van der Waals surface area contributed by atoms with Crippen LogP contribution in [0.3, 0.4) is 0 Å². The van der Waals surface area contributed by atoms with E-state index < -0.39 is 92.6 Å². The van der Waals surface area contributed by atoms with Crippen LogP contribution in [0.4, 0.5) is 0 Å². The van der Waals surface area contributed by atoms with Gasteiger partial charge in [-0.1, -0.05) is 0 Å². The van der Waals surface area contributed by atoms with Crippen molar-refractivity contribution in [3.05, 3.63) is 179 Å². The molecule has 408 valence electrons. The van der Waals surface area contributed by atoms with Crippen LogP contribution < -0.4 is 28.4 Å². The Balaban J connectivity index is 1.70. The van der Waals surface area contributed by atoms with Crippen molar-refractivity contribution < 1.29 is 86.7 Å². The molecule has 2 unspecified atom stereocenters. The highest BCUT2D eigenvalue weighted by Gasteiger charge is 2.88. The van der Waals surface area contributed by atoms with Crippen LogP contribution in [0, 0.1) is 0 Å². The molecule has 6 aromatic rings. The van der Waals surface area contributed by atoms with E-state index in [0.717, 1.165) is 36.4 Å². The van der Waals surface area contributed by atoms with Gasteiger partial charge in [-0.2, -0.15) is 0 Å². The third-order valence-electron chi connectivity index (χ3n) is 12.8. The van der Waals surface area contributed by atoms with E-state index in [9.17, 15) is 15.3 Å². The fraction of sp³-hybridized carbons (Fsp3) is 0.300. The molecule has 0 spiro atoms. The van der Waals surface area contributed by atoms with Crippen molar-refractivity contribution in [1.82, 2.24) is 0 Å². The summed E-state index contributed by atoms with van der Waals surface area (Å²) < 4.78 is 53.2. The van der Waals surface area contributed by atoms with E-state index in [1.54, 1.807) is 41.5 Å². The summed E-state index contributed by atoms with van der Waals surface area (Å²) >= 11 is 0. The first-order valence-corrected chi connectivity index (χ1v) is 25.3. The number of Topliss-reactive ketones (excluding diaryl/α,β-unsaturated/α-hetero) is 3. The average molecular weight is 1070 g/mol. The Labute approximate surface area is 450 Å². The molecule has 6 aromatic carbocycles. The van der Waals surface area contributed by atoms with Gasteiger partial charge in [-0.25, -0.2) is 14.4 Å². The van der Waals surface area contributed by atoms with Gasteiger partial charge in [-0.05, 0) is 187 Å². The highest BCUT2D eigenvalue weighted by Crippen LogP contribution is 2.56. The monoisotopic (exact) mass is 1070 g/mol. The van der Waals surface area contributed by atoms with Gasteiger partial charge >= 0.3 is 17.9 Å². The number of aliphatic hydroxyl groups is 3. The van der Waals surface area contributed by atoms with Crippen molar-refractivity contribution in [3.8, 4) is 34.5 Å². The van der Waals surface area contributed by atoms with Crippen LogP contribution in [0.5, 0.6) is 34.5 Å². The lowest BCUT2D eigenvalue weighted by Gasteiger charge is -2.60. The van der Waals surface area contributed by atoms with Gasteiger partial charge in [0.1, 0.15) is 52.8 Å². The Morgan fingerprint density at radius 1 is 0.321 bits per heavy atom. The molecule has 1 fully saturated rings. The molecule has 78 heavy (non-hydrogen) atoms. The standard InChI is InChI=1S/C60H60O18/c1-7-70-43-25-13-37(14-26-43)50(62)58(76-55(67)40-19-31-46(32-20-40)73-10-4)53(65)49(61)54(66)59(51(63)38-15-27-44(28-16-38)71-8-2,77-56(68)41-21-33-47(34-22-41)74-11-5)60(58,52(64)39-17-29-45(30-18-39)72-9-3)78-57(69)42-23-35-48(36-24-42)75-12-6/h13-36,49,53-54,61,65-66H,7-12H2,1-6H3/t49?,53-,54+,58+,59-,60?. The number of aliphatic hydroxyl groups excluding tert-OH is 3. The minimum absolute atomic E-state index is 0.162. The second kappa shape index (κ2) is 25.1. The molecule has 18 heteroatoms. The van der Waals surface area contributed by atoms with Gasteiger partial charge in [0.15, 0.2) is 0 Å². The maximum Gasteiger partial charge on any atom is 0.339 e. The summed E-state index contributed by atoms with van der Waals surface area (Å²) in [4.78, 5) is 96.2. The summed E-state index contributed by atoms with van der Waals surface area (Å²) in [7, 11) is 0. The van der Waals surface area contributed by atoms with Crippen LogP contribution in [0.1, 0.15) is 104 Å². The highest BCUT2D eigenvalue weighted by molar-refractivity contribution is 6.21. The van der Waals surface area contributed by atoms with Crippen LogP contribution >= 0.6 is 0 Å². The topological polar surface area (TPSA) is 246 Å². The first kappa shape index (κ1) is 57.1. The Hall–Kier alpha value is -8.58. The molecular weight excluding hydrogens is 1010 g/mol. The molecule has 3 N–H and O–H groups in total. The summed E-state index contributed by atoms with van der Waals surface area (Å²) in [5.74, 6) is -8.03. The Bertz CT molecular complexity index is 2900.